The Morgan fingerprint density at radius 2 is 1.50 bits per heavy atom. The molecule has 0 saturated heterocycles. The summed E-state index contributed by atoms with van der Waals surface area (Å²) in [4.78, 5) is 39.6. The Bertz CT molecular complexity index is 1090. The Morgan fingerprint density at radius 3 is 2.03 bits per heavy atom. The van der Waals surface area contributed by atoms with Gasteiger partial charge < -0.3 is 20.1 Å². The first-order valence-electron chi connectivity index (χ1n) is 12.0. The molecule has 0 aliphatic heterocycles. The molecule has 3 aliphatic carbocycles. The third kappa shape index (κ3) is 3.63. The number of hydrogen-bond donors (Lipinski definition) is 2. The van der Waals surface area contributed by atoms with E-state index in [1.807, 2.05) is 24.3 Å². The van der Waals surface area contributed by atoms with E-state index in [1.165, 1.54) is 4.90 Å². The molecule has 2 N–H and O–H groups in total. The van der Waals surface area contributed by atoms with Gasteiger partial charge in [0.2, 0.25) is 5.91 Å². The number of carboxylic acids is 1. The van der Waals surface area contributed by atoms with E-state index < -0.39 is 23.1 Å². The van der Waals surface area contributed by atoms with Crippen LogP contribution < -0.4 is 5.32 Å². The maximum atomic E-state index is 13.4. The van der Waals surface area contributed by atoms with E-state index in [0.717, 1.165) is 41.5 Å². The SMILES string of the molecule is CN(C(=O)C1(NC(=O)OCC2c3ccccc3-c3ccccc32)CC1)C1(C(=O)O)CCCCC1. The highest BCUT2D eigenvalue weighted by atomic mass is 16.5. The number of ether oxygens (including phenoxy) is 1. The summed E-state index contributed by atoms with van der Waals surface area (Å²) in [6, 6.07) is 16.2. The van der Waals surface area contributed by atoms with Crippen molar-refractivity contribution in [2.24, 2.45) is 0 Å². The van der Waals surface area contributed by atoms with Gasteiger partial charge in [0.05, 0.1) is 0 Å². The molecule has 5 rings (SSSR count). The second-order valence-electron chi connectivity index (χ2n) is 9.79. The van der Waals surface area contributed by atoms with Crippen LogP contribution in [0.25, 0.3) is 11.1 Å². The second kappa shape index (κ2) is 8.46. The van der Waals surface area contributed by atoms with Crippen LogP contribution in [0.5, 0.6) is 0 Å². The minimum atomic E-state index is -1.20. The summed E-state index contributed by atoms with van der Waals surface area (Å²) in [7, 11) is 1.56. The van der Waals surface area contributed by atoms with Crippen LogP contribution in [0.3, 0.4) is 0 Å². The smallest absolute Gasteiger partial charge is 0.408 e. The van der Waals surface area contributed by atoms with Crippen LogP contribution in [0.2, 0.25) is 0 Å². The van der Waals surface area contributed by atoms with E-state index >= 15 is 0 Å². The number of carboxylic acid groups (broad SMARTS) is 1. The number of amides is 2. The molecule has 2 aromatic carbocycles. The Morgan fingerprint density at radius 1 is 0.941 bits per heavy atom. The number of rotatable bonds is 6. The minimum Gasteiger partial charge on any atom is -0.479 e. The molecule has 0 spiro atoms. The first kappa shape index (κ1) is 22.4. The van der Waals surface area contributed by atoms with Crippen LogP contribution >= 0.6 is 0 Å². The summed E-state index contributed by atoms with van der Waals surface area (Å²) in [5.74, 6) is -1.38. The van der Waals surface area contributed by atoms with Gasteiger partial charge in [-0.25, -0.2) is 9.59 Å². The van der Waals surface area contributed by atoms with Crippen LogP contribution in [0, 0.1) is 0 Å². The second-order valence-corrected chi connectivity index (χ2v) is 9.79. The number of nitrogens with one attached hydrogen (secondary N) is 1. The lowest BCUT2D eigenvalue weighted by molar-refractivity contribution is -0.161. The van der Waals surface area contributed by atoms with Gasteiger partial charge >= 0.3 is 12.1 Å². The molecule has 178 valence electrons. The third-order valence-electron chi connectivity index (χ3n) is 7.87. The molecule has 3 aliphatic rings. The zero-order valence-electron chi connectivity index (χ0n) is 19.4. The lowest BCUT2D eigenvalue weighted by atomic mass is 9.80. The van der Waals surface area contributed by atoms with Gasteiger partial charge in [0, 0.05) is 13.0 Å². The van der Waals surface area contributed by atoms with E-state index in [9.17, 15) is 19.5 Å². The zero-order valence-corrected chi connectivity index (χ0v) is 19.4. The molecule has 34 heavy (non-hydrogen) atoms. The third-order valence-corrected chi connectivity index (χ3v) is 7.87. The minimum absolute atomic E-state index is 0.0656. The zero-order chi connectivity index (χ0) is 23.9. The average Bonchev–Trinajstić information content (AvgIpc) is 3.57. The fraction of sp³-hybridized carbons (Fsp3) is 0.444. The van der Waals surface area contributed by atoms with Crippen LogP contribution in [0.15, 0.2) is 48.5 Å². The van der Waals surface area contributed by atoms with Crippen LogP contribution in [0.4, 0.5) is 4.79 Å². The Balaban J connectivity index is 1.26. The molecule has 2 fully saturated rings. The molecule has 0 atom stereocenters. The van der Waals surface area contributed by atoms with Gasteiger partial charge in [0.25, 0.3) is 0 Å². The van der Waals surface area contributed by atoms with Gasteiger partial charge in [0.1, 0.15) is 17.7 Å². The number of fused-ring (bicyclic) bond motifs is 3. The quantitative estimate of drug-likeness (QED) is 0.667. The Hall–Kier alpha value is -3.35. The number of nitrogens with zero attached hydrogens (tertiary/aromatic N) is 1. The summed E-state index contributed by atoms with van der Waals surface area (Å²) in [6.07, 6.45) is 3.71. The highest BCUT2D eigenvalue weighted by molar-refractivity contribution is 5.96. The molecular weight excluding hydrogens is 432 g/mol. The van der Waals surface area contributed by atoms with Gasteiger partial charge in [-0.15, -0.1) is 0 Å². The first-order chi connectivity index (χ1) is 16.4. The Kier molecular flexibility index (Phi) is 5.58. The molecule has 2 saturated carbocycles. The molecular formula is C27H30N2O5. The molecule has 0 unspecified atom stereocenters. The number of aliphatic carboxylic acids is 1. The van der Waals surface area contributed by atoms with Gasteiger partial charge in [-0.1, -0.05) is 67.8 Å². The number of benzene rings is 2. The summed E-state index contributed by atoms with van der Waals surface area (Å²) < 4.78 is 5.63. The molecule has 7 nitrogen and oxygen atoms in total. The molecule has 2 amide bonds. The lowest BCUT2D eigenvalue weighted by Crippen LogP contribution is -2.61. The van der Waals surface area contributed by atoms with Crippen molar-refractivity contribution >= 4 is 18.0 Å². The van der Waals surface area contributed by atoms with Crippen molar-refractivity contribution in [1.29, 1.82) is 0 Å². The van der Waals surface area contributed by atoms with Gasteiger partial charge in [-0.2, -0.15) is 0 Å². The van der Waals surface area contributed by atoms with Gasteiger partial charge in [-0.05, 0) is 47.9 Å². The van der Waals surface area contributed by atoms with E-state index in [-0.39, 0.29) is 18.4 Å². The number of carbonyl (C=O) groups is 3. The normalized spacial score (nSPS) is 19.4. The first-order valence-corrected chi connectivity index (χ1v) is 12.0. The van der Waals surface area contributed by atoms with Gasteiger partial charge in [0.15, 0.2) is 0 Å². The van der Waals surface area contributed by atoms with Crippen LogP contribution in [-0.2, 0) is 14.3 Å². The maximum absolute atomic E-state index is 13.4. The molecule has 7 heteroatoms. The number of carbonyl (C=O) groups excluding carboxylic acids is 2. The van der Waals surface area contributed by atoms with E-state index in [1.54, 1.807) is 7.05 Å². The van der Waals surface area contributed by atoms with E-state index in [0.29, 0.717) is 25.7 Å². The van der Waals surface area contributed by atoms with Crippen molar-refractivity contribution in [1.82, 2.24) is 10.2 Å². The topological polar surface area (TPSA) is 95.9 Å². The van der Waals surface area contributed by atoms with E-state index in [4.69, 9.17) is 4.74 Å². The van der Waals surface area contributed by atoms with Crippen molar-refractivity contribution in [2.75, 3.05) is 13.7 Å². The summed E-state index contributed by atoms with van der Waals surface area (Å²) >= 11 is 0. The van der Waals surface area contributed by atoms with Gasteiger partial charge in [-0.3, -0.25) is 4.79 Å². The van der Waals surface area contributed by atoms with Crippen LogP contribution in [-0.4, -0.2) is 52.7 Å². The fourth-order valence-electron chi connectivity index (χ4n) is 5.69. The molecule has 2 aromatic rings. The summed E-state index contributed by atoms with van der Waals surface area (Å²) in [5, 5.41) is 12.7. The van der Waals surface area contributed by atoms with Crippen molar-refractivity contribution in [2.45, 2.75) is 61.9 Å². The summed E-state index contributed by atoms with van der Waals surface area (Å²) in [5.41, 5.74) is 2.26. The predicted molar refractivity (Wildman–Crippen MR) is 126 cm³/mol. The molecule has 0 bridgehead atoms. The summed E-state index contributed by atoms with van der Waals surface area (Å²) in [6.45, 7) is 0.166. The standard InChI is InChI=1S/C27H30N2O5/c1-29(27(24(31)32)13-7-2-8-14-27)23(30)26(15-16-26)28-25(33)34-17-22-20-11-5-3-9-18(20)19-10-4-6-12-21(19)22/h3-6,9-12,22H,2,7-8,13-17H2,1H3,(H,28,33)(H,31,32). The van der Waals surface area contributed by atoms with Crippen molar-refractivity contribution in [3.05, 3.63) is 59.7 Å². The largest absolute Gasteiger partial charge is 0.479 e. The van der Waals surface area contributed by atoms with Crippen molar-refractivity contribution < 1.29 is 24.2 Å². The van der Waals surface area contributed by atoms with Crippen molar-refractivity contribution in [3.8, 4) is 11.1 Å². The maximum Gasteiger partial charge on any atom is 0.408 e. The molecule has 0 aromatic heterocycles. The monoisotopic (exact) mass is 462 g/mol. The Labute approximate surface area is 199 Å². The molecule has 0 radical (unpaired) electrons. The number of hydrogen-bond acceptors (Lipinski definition) is 4. The number of alkyl carbamates (subject to hydrolysis) is 1. The lowest BCUT2D eigenvalue weighted by Gasteiger charge is -2.42. The number of likely N-dealkylation sites (N-methyl/N-ethyl adjacent to an activating group) is 1. The van der Waals surface area contributed by atoms with Crippen molar-refractivity contribution in [3.63, 3.8) is 0 Å². The van der Waals surface area contributed by atoms with Crippen LogP contribution in [0.1, 0.15) is 62.0 Å². The highest BCUT2D eigenvalue weighted by Crippen LogP contribution is 2.45. The highest BCUT2D eigenvalue weighted by Gasteiger charge is 2.57. The average molecular weight is 463 g/mol. The molecule has 0 heterocycles. The predicted octanol–water partition coefficient (Wildman–Crippen LogP) is 4.30. The fourth-order valence-corrected chi connectivity index (χ4v) is 5.69. The van der Waals surface area contributed by atoms with E-state index in [2.05, 4.69) is 29.6 Å².